The van der Waals surface area contributed by atoms with Gasteiger partial charge in [0.05, 0.1) is 18.5 Å². The van der Waals surface area contributed by atoms with Crippen molar-refractivity contribution in [1.29, 1.82) is 0 Å². The summed E-state index contributed by atoms with van der Waals surface area (Å²) in [6.07, 6.45) is 2.77. The van der Waals surface area contributed by atoms with Gasteiger partial charge in [0.15, 0.2) is 0 Å². The average molecular weight is 286 g/mol. The zero-order valence-electron chi connectivity index (χ0n) is 12.6. The summed E-state index contributed by atoms with van der Waals surface area (Å²) >= 11 is 0. The van der Waals surface area contributed by atoms with E-state index in [1.54, 1.807) is 0 Å². The molecule has 1 aliphatic carbocycles. The van der Waals surface area contributed by atoms with Gasteiger partial charge in [-0.1, -0.05) is 19.1 Å². The smallest absolute Gasteiger partial charge is 0.234 e. The summed E-state index contributed by atoms with van der Waals surface area (Å²) in [4.78, 5) is 26.3. The highest BCUT2D eigenvalue weighted by molar-refractivity contribution is 6.05. The number of benzene rings is 1. The number of aryl methyl sites for hydroxylation is 1. The minimum atomic E-state index is -0.0828. The molecule has 0 radical (unpaired) electrons. The van der Waals surface area contributed by atoms with Crippen LogP contribution in [0.2, 0.25) is 0 Å². The van der Waals surface area contributed by atoms with Crippen LogP contribution >= 0.6 is 0 Å². The molecule has 1 aromatic carbocycles. The van der Waals surface area contributed by atoms with Crippen LogP contribution in [0.1, 0.15) is 31.7 Å². The molecule has 112 valence electrons. The molecule has 1 heterocycles. The lowest BCUT2D eigenvalue weighted by Gasteiger charge is -2.25. The number of nitrogens with one attached hydrogen (secondary N) is 1. The van der Waals surface area contributed by atoms with Gasteiger partial charge in [0.2, 0.25) is 11.8 Å². The molecule has 3 rings (SSSR count). The monoisotopic (exact) mass is 286 g/mol. The molecule has 0 spiro atoms. The Bertz CT molecular complexity index is 570. The molecule has 4 nitrogen and oxygen atoms in total. The minimum absolute atomic E-state index is 0.0108. The van der Waals surface area contributed by atoms with Gasteiger partial charge in [-0.15, -0.1) is 0 Å². The van der Waals surface area contributed by atoms with Crippen LogP contribution in [-0.2, 0) is 9.59 Å². The summed E-state index contributed by atoms with van der Waals surface area (Å²) in [6, 6.07) is 7.95. The van der Waals surface area contributed by atoms with E-state index < -0.39 is 0 Å². The maximum Gasteiger partial charge on any atom is 0.234 e. The molecule has 21 heavy (non-hydrogen) atoms. The fourth-order valence-electron chi connectivity index (χ4n) is 3.54. The number of rotatable bonds is 3. The first-order valence-corrected chi connectivity index (χ1v) is 7.72. The SMILES string of the molecule is Cc1cccc(NCN2C(=O)[C@H]3CC[C@H](C)C[C@H]3C2=O)c1. The first-order chi connectivity index (χ1) is 10.1. The van der Waals surface area contributed by atoms with Gasteiger partial charge in [-0.2, -0.15) is 0 Å². The first-order valence-electron chi connectivity index (χ1n) is 7.72. The molecule has 1 saturated carbocycles. The van der Waals surface area contributed by atoms with Gasteiger partial charge in [0.25, 0.3) is 0 Å². The summed E-state index contributed by atoms with van der Waals surface area (Å²) in [5.74, 6) is 0.412. The number of likely N-dealkylation sites (tertiary alicyclic amines) is 1. The highest BCUT2D eigenvalue weighted by Gasteiger charge is 2.49. The van der Waals surface area contributed by atoms with Crippen molar-refractivity contribution < 1.29 is 9.59 Å². The van der Waals surface area contributed by atoms with Crippen LogP contribution in [0.4, 0.5) is 5.69 Å². The lowest BCUT2D eigenvalue weighted by molar-refractivity contribution is -0.139. The molecule has 3 atom stereocenters. The van der Waals surface area contributed by atoms with Gasteiger partial charge < -0.3 is 5.32 Å². The van der Waals surface area contributed by atoms with Crippen LogP contribution in [0, 0.1) is 24.7 Å². The zero-order valence-corrected chi connectivity index (χ0v) is 12.6. The second-order valence-electron chi connectivity index (χ2n) is 6.44. The van der Waals surface area contributed by atoms with E-state index in [2.05, 4.69) is 12.2 Å². The van der Waals surface area contributed by atoms with Crippen molar-refractivity contribution in [3.8, 4) is 0 Å². The molecule has 2 fully saturated rings. The van der Waals surface area contributed by atoms with Gasteiger partial charge in [-0.3, -0.25) is 14.5 Å². The predicted molar refractivity (Wildman–Crippen MR) is 81.5 cm³/mol. The zero-order chi connectivity index (χ0) is 15.0. The largest absolute Gasteiger partial charge is 0.367 e. The van der Waals surface area contributed by atoms with Crippen LogP contribution in [0.15, 0.2) is 24.3 Å². The molecular weight excluding hydrogens is 264 g/mol. The Labute approximate surface area is 125 Å². The third-order valence-corrected chi connectivity index (χ3v) is 4.74. The van der Waals surface area contributed by atoms with Crippen molar-refractivity contribution in [2.45, 2.75) is 33.1 Å². The highest BCUT2D eigenvalue weighted by Crippen LogP contribution is 2.40. The molecule has 0 aromatic heterocycles. The van der Waals surface area contributed by atoms with Crippen LogP contribution in [-0.4, -0.2) is 23.4 Å². The van der Waals surface area contributed by atoms with Crippen molar-refractivity contribution in [3.63, 3.8) is 0 Å². The van der Waals surface area contributed by atoms with Crippen LogP contribution in [0.5, 0.6) is 0 Å². The molecule has 0 bridgehead atoms. The number of fused-ring (bicyclic) bond motifs is 1. The van der Waals surface area contributed by atoms with Gasteiger partial charge in [0, 0.05) is 5.69 Å². The molecular formula is C17H22N2O2. The lowest BCUT2D eigenvalue weighted by Crippen LogP contribution is -2.35. The first kappa shape index (κ1) is 14.1. The van der Waals surface area contributed by atoms with E-state index in [-0.39, 0.29) is 30.3 Å². The van der Waals surface area contributed by atoms with E-state index in [0.717, 1.165) is 30.5 Å². The lowest BCUT2D eigenvalue weighted by atomic mass is 9.76. The molecule has 2 amide bonds. The molecule has 1 N–H and O–H groups in total. The number of anilines is 1. The Kier molecular flexibility index (Phi) is 3.70. The highest BCUT2D eigenvalue weighted by atomic mass is 16.2. The number of imide groups is 1. The van der Waals surface area contributed by atoms with Gasteiger partial charge in [0.1, 0.15) is 0 Å². The van der Waals surface area contributed by atoms with Crippen molar-refractivity contribution in [1.82, 2.24) is 4.90 Å². The number of amides is 2. The Morgan fingerprint density at radius 2 is 1.95 bits per heavy atom. The Hall–Kier alpha value is -1.84. The van der Waals surface area contributed by atoms with Crippen molar-refractivity contribution in [2.24, 2.45) is 17.8 Å². The summed E-state index contributed by atoms with van der Waals surface area (Å²) in [6.45, 7) is 4.47. The fraction of sp³-hybridized carbons (Fsp3) is 0.529. The van der Waals surface area contributed by atoms with Crippen molar-refractivity contribution >= 4 is 17.5 Å². The number of carbonyl (C=O) groups excluding carboxylic acids is 2. The van der Waals surface area contributed by atoms with Gasteiger partial charge in [-0.25, -0.2) is 0 Å². The molecule has 4 heteroatoms. The van der Waals surface area contributed by atoms with E-state index in [0.29, 0.717) is 5.92 Å². The van der Waals surface area contributed by atoms with E-state index in [1.807, 2.05) is 31.2 Å². The Morgan fingerprint density at radius 1 is 1.19 bits per heavy atom. The third kappa shape index (κ3) is 2.67. The van der Waals surface area contributed by atoms with E-state index >= 15 is 0 Å². The van der Waals surface area contributed by atoms with Gasteiger partial charge in [-0.05, 0) is 49.8 Å². The van der Waals surface area contributed by atoms with E-state index in [4.69, 9.17) is 0 Å². The van der Waals surface area contributed by atoms with Gasteiger partial charge >= 0.3 is 0 Å². The van der Waals surface area contributed by atoms with Crippen molar-refractivity contribution in [2.75, 3.05) is 12.0 Å². The minimum Gasteiger partial charge on any atom is -0.367 e. The summed E-state index contributed by atoms with van der Waals surface area (Å²) in [5.41, 5.74) is 2.10. The van der Waals surface area contributed by atoms with Crippen molar-refractivity contribution in [3.05, 3.63) is 29.8 Å². The average Bonchev–Trinajstić information content (AvgIpc) is 2.69. The number of nitrogens with zero attached hydrogens (tertiary/aromatic N) is 1. The van der Waals surface area contributed by atoms with Crippen LogP contribution in [0.3, 0.4) is 0 Å². The normalized spacial score (nSPS) is 28.7. The Morgan fingerprint density at radius 3 is 2.71 bits per heavy atom. The Balaban J connectivity index is 1.68. The van der Waals surface area contributed by atoms with E-state index in [1.165, 1.54) is 4.90 Å². The van der Waals surface area contributed by atoms with Crippen LogP contribution < -0.4 is 5.32 Å². The number of hydrogen-bond donors (Lipinski definition) is 1. The molecule has 2 aliphatic rings. The molecule has 1 saturated heterocycles. The molecule has 1 aromatic rings. The second kappa shape index (κ2) is 5.51. The topological polar surface area (TPSA) is 49.4 Å². The maximum atomic E-state index is 12.4. The van der Waals surface area contributed by atoms with E-state index in [9.17, 15) is 9.59 Å². The summed E-state index contributed by atoms with van der Waals surface area (Å²) in [7, 11) is 0. The second-order valence-corrected chi connectivity index (χ2v) is 6.44. The summed E-state index contributed by atoms with van der Waals surface area (Å²) in [5, 5.41) is 3.19. The molecule has 0 unspecified atom stereocenters. The maximum absolute atomic E-state index is 12.4. The fourth-order valence-corrected chi connectivity index (χ4v) is 3.54. The number of hydrogen-bond acceptors (Lipinski definition) is 3. The quantitative estimate of drug-likeness (QED) is 0.869. The van der Waals surface area contributed by atoms with Crippen LogP contribution in [0.25, 0.3) is 0 Å². The summed E-state index contributed by atoms with van der Waals surface area (Å²) < 4.78 is 0. The predicted octanol–water partition coefficient (Wildman–Crippen LogP) is 2.79. The standard InChI is InChI=1S/C17H22N2O2/c1-11-4-3-5-13(8-11)18-10-19-16(20)14-7-6-12(2)9-15(14)17(19)21/h3-5,8,12,14-15,18H,6-7,9-10H2,1-2H3/t12-,14-,15+/m0/s1. The molecule has 1 aliphatic heterocycles. The third-order valence-electron chi connectivity index (χ3n) is 4.74. The number of carbonyl (C=O) groups is 2.